The number of rotatable bonds is 8. The van der Waals surface area contributed by atoms with E-state index in [1.165, 1.54) is 0 Å². The van der Waals surface area contributed by atoms with Crippen LogP contribution in [-0.4, -0.2) is 18.4 Å². The van der Waals surface area contributed by atoms with Crippen LogP contribution in [0, 0.1) is 6.92 Å². The number of carbonyl (C=O) groups is 2. The minimum absolute atomic E-state index is 0.0461. The van der Waals surface area contributed by atoms with Gasteiger partial charge in [0.25, 0.3) is 0 Å². The van der Waals surface area contributed by atoms with Gasteiger partial charge in [-0.15, -0.1) is 0 Å². The molecule has 2 aromatic rings. The van der Waals surface area contributed by atoms with Crippen LogP contribution in [0.3, 0.4) is 0 Å². The second-order valence-corrected chi connectivity index (χ2v) is 6.76. The van der Waals surface area contributed by atoms with Gasteiger partial charge in [0, 0.05) is 17.8 Å². The lowest BCUT2D eigenvalue weighted by atomic mass is 10.1. The molecule has 5 nitrogen and oxygen atoms in total. The van der Waals surface area contributed by atoms with E-state index in [0.29, 0.717) is 22.8 Å². The topological polar surface area (TPSA) is 70.2 Å². The highest BCUT2D eigenvalue weighted by Crippen LogP contribution is 2.26. The molecule has 3 N–H and O–H groups in total. The SMILES string of the molecule is CCCC(=O)Nc1ccc(Cl)c(NCC(=O)Nc2c(C)cccc2CC)c1. The molecule has 0 aliphatic rings. The Morgan fingerprint density at radius 1 is 1.04 bits per heavy atom. The number of amides is 2. The molecule has 2 amide bonds. The third-order valence-electron chi connectivity index (χ3n) is 4.17. The third-order valence-corrected chi connectivity index (χ3v) is 4.50. The van der Waals surface area contributed by atoms with E-state index >= 15 is 0 Å². The lowest BCUT2D eigenvalue weighted by molar-refractivity contribution is -0.116. The second kappa shape index (κ2) is 9.97. The van der Waals surface area contributed by atoms with Crippen LogP contribution in [-0.2, 0) is 16.0 Å². The van der Waals surface area contributed by atoms with Gasteiger partial charge in [0.15, 0.2) is 0 Å². The van der Waals surface area contributed by atoms with Crippen LogP contribution >= 0.6 is 11.6 Å². The summed E-state index contributed by atoms with van der Waals surface area (Å²) in [4.78, 5) is 24.1. The van der Waals surface area contributed by atoms with Crippen LogP contribution in [0.25, 0.3) is 0 Å². The predicted molar refractivity (Wildman–Crippen MR) is 113 cm³/mol. The molecule has 0 bridgehead atoms. The number of hydrogen-bond acceptors (Lipinski definition) is 3. The standard InChI is InChI=1S/C21H26ClN3O2/c1-4-7-19(26)24-16-10-11-17(22)18(12-16)23-13-20(27)25-21-14(3)8-6-9-15(21)5-2/h6,8-12,23H,4-5,7,13H2,1-3H3,(H,24,26)(H,25,27). The number of hydrogen-bond donors (Lipinski definition) is 3. The van der Waals surface area contributed by atoms with Gasteiger partial charge >= 0.3 is 0 Å². The van der Waals surface area contributed by atoms with Crippen molar-refractivity contribution in [2.75, 3.05) is 22.5 Å². The molecule has 27 heavy (non-hydrogen) atoms. The second-order valence-electron chi connectivity index (χ2n) is 6.36. The van der Waals surface area contributed by atoms with Gasteiger partial charge in [-0.1, -0.05) is 43.6 Å². The molecule has 0 aliphatic heterocycles. The summed E-state index contributed by atoms with van der Waals surface area (Å²) in [6, 6.07) is 11.1. The zero-order valence-corrected chi connectivity index (χ0v) is 16.7. The van der Waals surface area contributed by atoms with Crippen molar-refractivity contribution >= 4 is 40.5 Å². The Morgan fingerprint density at radius 3 is 2.52 bits per heavy atom. The van der Waals surface area contributed by atoms with Crippen molar-refractivity contribution in [1.29, 1.82) is 0 Å². The fourth-order valence-electron chi connectivity index (χ4n) is 2.75. The van der Waals surface area contributed by atoms with Crippen LogP contribution < -0.4 is 16.0 Å². The zero-order valence-electron chi connectivity index (χ0n) is 16.0. The summed E-state index contributed by atoms with van der Waals surface area (Å²) in [5.41, 5.74) is 4.23. The Morgan fingerprint density at radius 2 is 1.81 bits per heavy atom. The van der Waals surface area contributed by atoms with Gasteiger partial charge in [-0.2, -0.15) is 0 Å². The van der Waals surface area contributed by atoms with E-state index in [4.69, 9.17) is 11.6 Å². The predicted octanol–water partition coefficient (Wildman–Crippen LogP) is 5.00. The monoisotopic (exact) mass is 387 g/mol. The van der Waals surface area contributed by atoms with Crippen molar-refractivity contribution in [3.63, 3.8) is 0 Å². The van der Waals surface area contributed by atoms with E-state index in [1.54, 1.807) is 18.2 Å². The van der Waals surface area contributed by atoms with Crippen molar-refractivity contribution in [3.8, 4) is 0 Å². The molecule has 0 atom stereocenters. The van der Waals surface area contributed by atoms with E-state index in [-0.39, 0.29) is 18.4 Å². The molecule has 6 heteroatoms. The maximum atomic E-state index is 12.4. The molecule has 0 saturated heterocycles. The molecule has 0 unspecified atom stereocenters. The quantitative estimate of drug-likeness (QED) is 0.596. The minimum atomic E-state index is -0.157. The number of para-hydroxylation sites is 1. The average Bonchev–Trinajstić information content (AvgIpc) is 2.64. The smallest absolute Gasteiger partial charge is 0.243 e. The van der Waals surface area contributed by atoms with Crippen molar-refractivity contribution in [1.82, 2.24) is 0 Å². The molecule has 2 aromatic carbocycles. The molecule has 144 valence electrons. The van der Waals surface area contributed by atoms with E-state index in [9.17, 15) is 9.59 Å². The summed E-state index contributed by atoms with van der Waals surface area (Å²) in [5, 5.41) is 9.32. The molecule has 0 spiro atoms. The number of anilines is 3. The lowest BCUT2D eigenvalue weighted by Crippen LogP contribution is -2.23. The molecular formula is C21H26ClN3O2. The van der Waals surface area contributed by atoms with E-state index < -0.39 is 0 Å². The lowest BCUT2D eigenvalue weighted by Gasteiger charge is -2.14. The largest absolute Gasteiger partial charge is 0.375 e. The van der Waals surface area contributed by atoms with Gasteiger partial charge in [0.05, 0.1) is 17.3 Å². The summed E-state index contributed by atoms with van der Waals surface area (Å²) in [6.07, 6.45) is 2.09. The first-order chi connectivity index (χ1) is 12.9. The highest BCUT2D eigenvalue weighted by Gasteiger charge is 2.10. The highest BCUT2D eigenvalue weighted by molar-refractivity contribution is 6.33. The van der Waals surface area contributed by atoms with Gasteiger partial charge < -0.3 is 16.0 Å². The van der Waals surface area contributed by atoms with E-state index in [1.807, 2.05) is 32.0 Å². The van der Waals surface area contributed by atoms with Gasteiger partial charge in [-0.05, 0) is 49.1 Å². The number of aryl methyl sites for hydroxylation is 2. The molecule has 0 aliphatic carbocycles. The Bertz CT molecular complexity index is 821. The normalized spacial score (nSPS) is 10.4. The Hall–Kier alpha value is -2.53. The molecule has 2 rings (SSSR count). The Balaban J connectivity index is 2.02. The number of carbonyl (C=O) groups excluding carboxylic acids is 2. The van der Waals surface area contributed by atoms with Crippen LogP contribution in [0.15, 0.2) is 36.4 Å². The molecule has 0 radical (unpaired) electrons. The van der Waals surface area contributed by atoms with Crippen LogP contribution in [0.1, 0.15) is 37.8 Å². The van der Waals surface area contributed by atoms with E-state index in [2.05, 4.69) is 22.9 Å². The van der Waals surface area contributed by atoms with Crippen LogP contribution in [0.5, 0.6) is 0 Å². The maximum absolute atomic E-state index is 12.4. The number of benzene rings is 2. The first kappa shape index (κ1) is 20.8. The van der Waals surface area contributed by atoms with Gasteiger partial charge in [-0.3, -0.25) is 9.59 Å². The maximum Gasteiger partial charge on any atom is 0.243 e. The van der Waals surface area contributed by atoms with Gasteiger partial charge in [0.2, 0.25) is 11.8 Å². The van der Waals surface area contributed by atoms with Crippen LogP contribution in [0.2, 0.25) is 5.02 Å². The minimum Gasteiger partial charge on any atom is -0.375 e. The summed E-state index contributed by atoms with van der Waals surface area (Å²) in [7, 11) is 0. The molecule has 0 aromatic heterocycles. The summed E-state index contributed by atoms with van der Waals surface area (Å²) in [5.74, 6) is -0.203. The summed E-state index contributed by atoms with van der Waals surface area (Å²) < 4.78 is 0. The first-order valence-corrected chi connectivity index (χ1v) is 9.54. The van der Waals surface area contributed by atoms with Crippen molar-refractivity contribution in [2.45, 2.75) is 40.0 Å². The van der Waals surface area contributed by atoms with Gasteiger partial charge in [0.1, 0.15) is 0 Å². The van der Waals surface area contributed by atoms with Crippen LogP contribution in [0.4, 0.5) is 17.1 Å². The summed E-state index contributed by atoms with van der Waals surface area (Å²) in [6.45, 7) is 6.05. The molecular weight excluding hydrogens is 362 g/mol. The third kappa shape index (κ3) is 6.00. The van der Waals surface area contributed by atoms with Gasteiger partial charge in [-0.25, -0.2) is 0 Å². The Kier molecular flexibility index (Phi) is 7.67. The summed E-state index contributed by atoms with van der Waals surface area (Å²) >= 11 is 6.20. The fourth-order valence-corrected chi connectivity index (χ4v) is 2.93. The van der Waals surface area contributed by atoms with Crippen molar-refractivity contribution < 1.29 is 9.59 Å². The number of nitrogens with one attached hydrogen (secondary N) is 3. The number of halogens is 1. The van der Waals surface area contributed by atoms with Crippen molar-refractivity contribution in [3.05, 3.63) is 52.5 Å². The zero-order chi connectivity index (χ0) is 19.8. The molecule has 0 fully saturated rings. The molecule has 0 saturated carbocycles. The van der Waals surface area contributed by atoms with E-state index in [0.717, 1.165) is 29.7 Å². The van der Waals surface area contributed by atoms with Crippen molar-refractivity contribution in [2.24, 2.45) is 0 Å². The highest BCUT2D eigenvalue weighted by atomic mass is 35.5. The molecule has 0 heterocycles. The first-order valence-electron chi connectivity index (χ1n) is 9.16. The fraction of sp³-hybridized carbons (Fsp3) is 0.333. The Labute approximate surface area is 165 Å². The average molecular weight is 388 g/mol.